The Morgan fingerprint density at radius 1 is 1.50 bits per heavy atom. The van der Waals surface area contributed by atoms with Gasteiger partial charge in [-0.2, -0.15) is 0 Å². The van der Waals surface area contributed by atoms with Gasteiger partial charge in [-0.15, -0.1) is 0 Å². The molecule has 1 unspecified atom stereocenters. The minimum Gasteiger partial charge on any atom is -0.480 e. The van der Waals surface area contributed by atoms with Gasteiger partial charge in [0.05, 0.1) is 0 Å². The van der Waals surface area contributed by atoms with E-state index in [0.717, 1.165) is 0 Å². The highest BCUT2D eigenvalue weighted by atomic mass is 16.5. The SMILES string of the molecule is CCc1cc(C(=O)N(C)C(C(=O)O)C(C)C)no1. The van der Waals surface area contributed by atoms with Gasteiger partial charge in [0.25, 0.3) is 5.91 Å². The molecule has 100 valence electrons. The van der Waals surface area contributed by atoms with Crippen LogP contribution >= 0.6 is 0 Å². The number of aliphatic carboxylic acids is 1. The largest absolute Gasteiger partial charge is 0.480 e. The van der Waals surface area contributed by atoms with Gasteiger partial charge in [0, 0.05) is 19.5 Å². The Kier molecular flexibility index (Phi) is 4.47. The van der Waals surface area contributed by atoms with E-state index >= 15 is 0 Å². The fraction of sp³-hybridized carbons (Fsp3) is 0.583. The monoisotopic (exact) mass is 254 g/mol. The molecule has 6 heteroatoms. The zero-order valence-corrected chi connectivity index (χ0v) is 11.0. The van der Waals surface area contributed by atoms with E-state index in [-0.39, 0.29) is 11.6 Å². The molecule has 18 heavy (non-hydrogen) atoms. The quantitative estimate of drug-likeness (QED) is 0.859. The summed E-state index contributed by atoms with van der Waals surface area (Å²) in [5.41, 5.74) is 0.140. The van der Waals surface area contributed by atoms with Crippen molar-refractivity contribution in [3.63, 3.8) is 0 Å². The lowest BCUT2D eigenvalue weighted by Crippen LogP contribution is -2.45. The Morgan fingerprint density at radius 2 is 2.11 bits per heavy atom. The standard InChI is InChI=1S/C12H18N2O4/c1-5-8-6-9(13-18-8)11(15)14(4)10(7(2)3)12(16)17/h6-7,10H,5H2,1-4H3,(H,16,17). The molecular weight excluding hydrogens is 236 g/mol. The van der Waals surface area contributed by atoms with Crippen molar-refractivity contribution in [1.82, 2.24) is 10.1 Å². The predicted octanol–water partition coefficient (Wildman–Crippen LogP) is 1.42. The summed E-state index contributed by atoms with van der Waals surface area (Å²) < 4.78 is 4.94. The second-order valence-electron chi connectivity index (χ2n) is 4.48. The van der Waals surface area contributed by atoms with E-state index in [0.29, 0.717) is 12.2 Å². The summed E-state index contributed by atoms with van der Waals surface area (Å²) in [4.78, 5) is 24.4. The number of hydrogen-bond donors (Lipinski definition) is 1. The van der Waals surface area contributed by atoms with Crippen molar-refractivity contribution >= 4 is 11.9 Å². The van der Waals surface area contributed by atoms with Gasteiger partial charge in [0.15, 0.2) is 5.69 Å². The topological polar surface area (TPSA) is 83.6 Å². The Balaban J connectivity index is 2.91. The number of carboxylic acids is 1. The van der Waals surface area contributed by atoms with E-state index in [1.165, 1.54) is 18.0 Å². The average Bonchev–Trinajstić information content (AvgIpc) is 2.75. The Hall–Kier alpha value is -1.85. The predicted molar refractivity (Wildman–Crippen MR) is 64.2 cm³/mol. The number of likely N-dealkylation sites (N-methyl/N-ethyl adjacent to an activating group) is 1. The number of carboxylic acid groups (broad SMARTS) is 1. The molecule has 0 radical (unpaired) electrons. The van der Waals surface area contributed by atoms with Gasteiger partial charge < -0.3 is 14.5 Å². The minimum absolute atomic E-state index is 0.140. The molecule has 1 N–H and O–H groups in total. The molecule has 0 aromatic carbocycles. The van der Waals surface area contributed by atoms with Crippen LogP contribution in [0.4, 0.5) is 0 Å². The van der Waals surface area contributed by atoms with Crippen LogP contribution in [-0.2, 0) is 11.2 Å². The van der Waals surface area contributed by atoms with E-state index < -0.39 is 17.9 Å². The van der Waals surface area contributed by atoms with Crippen LogP contribution < -0.4 is 0 Å². The maximum atomic E-state index is 12.1. The van der Waals surface area contributed by atoms with Crippen molar-refractivity contribution in [3.8, 4) is 0 Å². The second kappa shape index (κ2) is 5.66. The molecule has 1 rings (SSSR count). The lowest BCUT2D eigenvalue weighted by Gasteiger charge is -2.26. The summed E-state index contributed by atoms with van der Waals surface area (Å²) in [6.07, 6.45) is 0.635. The van der Waals surface area contributed by atoms with Crippen molar-refractivity contribution < 1.29 is 19.2 Å². The molecule has 6 nitrogen and oxygen atoms in total. The summed E-state index contributed by atoms with van der Waals surface area (Å²) in [7, 11) is 1.46. The summed E-state index contributed by atoms with van der Waals surface area (Å²) in [5, 5.41) is 12.8. The first kappa shape index (κ1) is 14.2. The van der Waals surface area contributed by atoms with E-state index in [1.54, 1.807) is 13.8 Å². The molecule has 0 bridgehead atoms. The first-order valence-electron chi connectivity index (χ1n) is 5.84. The van der Waals surface area contributed by atoms with E-state index in [2.05, 4.69) is 5.16 Å². The fourth-order valence-corrected chi connectivity index (χ4v) is 1.79. The molecule has 1 aromatic rings. The molecule has 1 aromatic heterocycles. The minimum atomic E-state index is -1.03. The number of rotatable bonds is 5. The van der Waals surface area contributed by atoms with Gasteiger partial charge >= 0.3 is 5.97 Å². The molecule has 1 amide bonds. The van der Waals surface area contributed by atoms with E-state index in [9.17, 15) is 9.59 Å². The third kappa shape index (κ3) is 2.88. The van der Waals surface area contributed by atoms with Crippen LogP contribution in [0.25, 0.3) is 0 Å². The highest BCUT2D eigenvalue weighted by Crippen LogP contribution is 2.14. The first-order chi connectivity index (χ1) is 8.38. The smallest absolute Gasteiger partial charge is 0.326 e. The lowest BCUT2D eigenvalue weighted by atomic mass is 10.0. The molecule has 0 aliphatic carbocycles. The number of aromatic nitrogens is 1. The van der Waals surface area contributed by atoms with Gasteiger partial charge in [-0.3, -0.25) is 4.79 Å². The van der Waals surface area contributed by atoms with Crippen molar-refractivity contribution in [3.05, 3.63) is 17.5 Å². The molecule has 0 fully saturated rings. The number of aryl methyl sites for hydroxylation is 1. The van der Waals surface area contributed by atoms with Crippen molar-refractivity contribution in [2.45, 2.75) is 33.2 Å². The Morgan fingerprint density at radius 3 is 2.50 bits per heavy atom. The van der Waals surface area contributed by atoms with Gasteiger partial charge in [-0.1, -0.05) is 25.9 Å². The number of hydrogen-bond acceptors (Lipinski definition) is 4. The zero-order valence-electron chi connectivity index (χ0n) is 11.0. The average molecular weight is 254 g/mol. The Labute approximate surface area is 106 Å². The van der Waals surface area contributed by atoms with Gasteiger partial charge in [-0.25, -0.2) is 4.79 Å². The molecule has 0 spiro atoms. The van der Waals surface area contributed by atoms with Crippen LogP contribution in [0.2, 0.25) is 0 Å². The molecule has 0 aliphatic heterocycles. The second-order valence-corrected chi connectivity index (χ2v) is 4.48. The highest BCUT2D eigenvalue weighted by molar-refractivity contribution is 5.94. The van der Waals surface area contributed by atoms with Crippen molar-refractivity contribution in [2.24, 2.45) is 5.92 Å². The maximum Gasteiger partial charge on any atom is 0.326 e. The van der Waals surface area contributed by atoms with Gasteiger partial charge in [0.1, 0.15) is 11.8 Å². The van der Waals surface area contributed by atoms with Gasteiger partial charge in [0.2, 0.25) is 0 Å². The zero-order chi connectivity index (χ0) is 13.9. The highest BCUT2D eigenvalue weighted by Gasteiger charge is 2.31. The van der Waals surface area contributed by atoms with Crippen molar-refractivity contribution in [1.29, 1.82) is 0 Å². The van der Waals surface area contributed by atoms with Crippen LogP contribution in [0.15, 0.2) is 10.6 Å². The molecule has 0 saturated carbocycles. The molecule has 1 atom stereocenters. The third-order valence-corrected chi connectivity index (χ3v) is 2.75. The van der Waals surface area contributed by atoms with Crippen LogP contribution in [0.1, 0.15) is 37.0 Å². The number of amides is 1. The van der Waals surface area contributed by atoms with Gasteiger partial charge in [-0.05, 0) is 5.92 Å². The van der Waals surface area contributed by atoms with Crippen LogP contribution in [0, 0.1) is 5.92 Å². The fourth-order valence-electron chi connectivity index (χ4n) is 1.79. The maximum absolute atomic E-state index is 12.1. The summed E-state index contributed by atoms with van der Waals surface area (Å²) in [5.74, 6) is -1.06. The van der Waals surface area contributed by atoms with Crippen LogP contribution in [0.3, 0.4) is 0 Å². The van der Waals surface area contributed by atoms with E-state index in [1.807, 2.05) is 6.92 Å². The van der Waals surface area contributed by atoms with Crippen molar-refractivity contribution in [2.75, 3.05) is 7.05 Å². The number of carbonyl (C=O) groups is 2. The summed E-state index contributed by atoms with van der Waals surface area (Å²) in [6, 6.07) is 0.664. The first-order valence-corrected chi connectivity index (χ1v) is 5.84. The van der Waals surface area contributed by atoms with Crippen LogP contribution in [-0.4, -0.2) is 40.1 Å². The lowest BCUT2D eigenvalue weighted by molar-refractivity contribution is -0.143. The number of carbonyl (C=O) groups excluding carboxylic acids is 1. The number of nitrogens with zero attached hydrogens (tertiary/aromatic N) is 2. The normalized spacial score (nSPS) is 12.5. The molecule has 0 saturated heterocycles. The Bertz CT molecular complexity index is 439. The molecule has 1 heterocycles. The van der Waals surface area contributed by atoms with Crippen LogP contribution in [0.5, 0.6) is 0 Å². The third-order valence-electron chi connectivity index (χ3n) is 2.75. The summed E-state index contributed by atoms with van der Waals surface area (Å²) >= 11 is 0. The summed E-state index contributed by atoms with van der Waals surface area (Å²) in [6.45, 7) is 5.39. The molecule has 0 aliphatic rings. The molecular formula is C12H18N2O4. The van der Waals surface area contributed by atoms with E-state index in [4.69, 9.17) is 9.63 Å².